The van der Waals surface area contributed by atoms with Crippen molar-refractivity contribution in [2.24, 2.45) is 0 Å². The van der Waals surface area contributed by atoms with E-state index in [9.17, 15) is 10.1 Å². The molecule has 1 N–H and O–H groups in total. The summed E-state index contributed by atoms with van der Waals surface area (Å²) < 4.78 is 1.71. The van der Waals surface area contributed by atoms with Crippen LogP contribution in [0.1, 0.15) is 5.56 Å². The third-order valence-corrected chi connectivity index (χ3v) is 4.22. The second-order valence-corrected chi connectivity index (χ2v) is 6.07. The molecule has 0 saturated heterocycles. The van der Waals surface area contributed by atoms with E-state index in [-0.39, 0.29) is 10.6 Å². The van der Waals surface area contributed by atoms with E-state index in [0.29, 0.717) is 11.2 Å². The molecule has 0 atom stereocenters. The first-order chi connectivity index (χ1) is 12.6. The summed E-state index contributed by atoms with van der Waals surface area (Å²) in [7, 11) is 0. The molecule has 128 valence electrons. The molecule has 4 aromatic rings. The van der Waals surface area contributed by atoms with Gasteiger partial charge >= 0.3 is 0 Å². The number of fused-ring (bicyclic) bond motifs is 1. The number of hydrogen-bond donors (Lipinski definition) is 1. The molecule has 0 unspecified atom stereocenters. The van der Waals surface area contributed by atoms with Gasteiger partial charge in [0.05, 0.1) is 28.0 Å². The number of nitro groups is 1. The van der Waals surface area contributed by atoms with Crippen molar-refractivity contribution in [2.75, 3.05) is 5.32 Å². The lowest BCUT2D eigenvalue weighted by Gasteiger charge is -2.09. The Hall–Kier alpha value is -3.67. The van der Waals surface area contributed by atoms with E-state index < -0.39 is 0 Å². The van der Waals surface area contributed by atoms with Crippen LogP contribution in [0.25, 0.3) is 16.6 Å². The van der Waals surface area contributed by atoms with Gasteiger partial charge < -0.3 is 5.32 Å². The number of aromatic nitrogens is 2. The van der Waals surface area contributed by atoms with Gasteiger partial charge in [0.1, 0.15) is 0 Å². The van der Waals surface area contributed by atoms with E-state index >= 15 is 0 Å². The van der Waals surface area contributed by atoms with Crippen LogP contribution >= 0.6 is 0 Å². The predicted molar refractivity (Wildman–Crippen MR) is 102 cm³/mol. The second-order valence-electron chi connectivity index (χ2n) is 6.07. The summed E-state index contributed by atoms with van der Waals surface area (Å²) >= 11 is 0. The molecule has 3 aromatic carbocycles. The largest absolute Gasteiger partial charge is 0.355 e. The highest BCUT2D eigenvalue weighted by atomic mass is 16.6. The maximum Gasteiger partial charge on any atom is 0.273 e. The number of non-ortho nitro benzene ring substituents is 1. The van der Waals surface area contributed by atoms with Crippen molar-refractivity contribution in [2.45, 2.75) is 6.92 Å². The molecule has 0 aliphatic rings. The lowest BCUT2D eigenvalue weighted by atomic mass is 10.1. The van der Waals surface area contributed by atoms with E-state index in [2.05, 4.69) is 10.4 Å². The van der Waals surface area contributed by atoms with Gasteiger partial charge in [0.15, 0.2) is 0 Å². The molecule has 0 radical (unpaired) electrons. The third-order valence-electron chi connectivity index (χ3n) is 4.22. The van der Waals surface area contributed by atoms with Crippen molar-refractivity contribution < 1.29 is 4.92 Å². The van der Waals surface area contributed by atoms with Crippen LogP contribution in [0.15, 0.2) is 72.9 Å². The molecule has 0 aliphatic heterocycles. The molecule has 4 rings (SSSR count). The van der Waals surface area contributed by atoms with Crippen molar-refractivity contribution in [1.82, 2.24) is 9.78 Å². The molecule has 6 heteroatoms. The van der Waals surface area contributed by atoms with Crippen LogP contribution in [0.3, 0.4) is 0 Å². The van der Waals surface area contributed by atoms with Gasteiger partial charge in [0, 0.05) is 23.2 Å². The first-order valence-corrected chi connectivity index (χ1v) is 8.17. The Morgan fingerprint density at radius 3 is 2.46 bits per heavy atom. The molecule has 26 heavy (non-hydrogen) atoms. The fourth-order valence-corrected chi connectivity index (χ4v) is 2.89. The Morgan fingerprint density at radius 2 is 1.77 bits per heavy atom. The Kier molecular flexibility index (Phi) is 3.85. The summed E-state index contributed by atoms with van der Waals surface area (Å²) in [6, 6.07) is 20.5. The van der Waals surface area contributed by atoms with E-state index in [4.69, 9.17) is 0 Å². The van der Waals surface area contributed by atoms with Crippen molar-refractivity contribution in [3.63, 3.8) is 0 Å². The summed E-state index contributed by atoms with van der Waals surface area (Å²) in [6.07, 6.45) is 1.72. The van der Waals surface area contributed by atoms with Crippen LogP contribution in [-0.2, 0) is 0 Å². The summed E-state index contributed by atoms with van der Waals surface area (Å²) in [5.74, 6) is 0. The van der Waals surface area contributed by atoms with E-state index in [0.717, 1.165) is 22.3 Å². The molecule has 6 nitrogen and oxygen atoms in total. The van der Waals surface area contributed by atoms with Crippen molar-refractivity contribution in [3.05, 3.63) is 88.6 Å². The molecule has 0 saturated carbocycles. The lowest BCUT2D eigenvalue weighted by Crippen LogP contribution is -1.98. The Labute approximate surface area is 149 Å². The Morgan fingerprint density at radius 1 is 1.04 bits per heavy atom. The minimum Gasteiger partial charge on any atom is -0.355 e. The average molecular weight is 344 g/mol. The first kappa shape index (κ1) is 15.8. The monoisotopic (exact) mass is 344 g/mol. The highest BCUT2D eigenvalue weighted by Gasteiger charge is 2.16. The zero-order valence-electron chi connectivity index (χ0n) is 14.1. The minimum atomic E-state index is -0.387. The first-order valence-electron chi connectivity index (χ1n) is 8.17. The van der Waals surface area contributed by atoms with Gasteiger partial charge in [-0.3, -0.25) is 10.1 Å². The van der Waals surface area contributed by atoms with Gasteiger partial charge in [-0.15, -0.1) is 0 Å². The van der Waals surface area contributed by atoms with E-state index in [1.54, 1.807) is 23.0 Å². The molecule has 0 spiro atoms. The predicted octanol–water partition coefficient (Wildman–Crippen LogP) is 4.99. The maximum absolute atomic E-state index is 11.4. The molecule has 0 aliphatic carbocycles. The summed E-state index contributed by atoms with van der Waals surface area (Å²) in [5.41, 5.74) is 4.22. The van der Waals surface area contributed by atoms with Gasteiger partial charge in [0.2, 0.25) is 0 Å². The van der Waals surface area contributed by atoms with Gasteiger partial charge in [-0.05, 0) is 31.2 Å². The Balaban J connectivity index is 1.88. The number of para-hydroxylation sites is 1. The number of nitro benzene ring substituents is 1. The molecular formula is C20H16N4O2. The van der Waals surface area contributed by atoms with E-state index in [1.165, 1.54) is 0 Å². The zero-order chi connectivity index (χ0) is 18.1. The van der Waals surface area contributed by atoms with Gasteiger partial charge in [0.25, 0.3) is 5.69 Å². The van der Waals surface area contributed by atoms with Gasteiger partial charge in [-0.25, -0.2) is 4.68 Å². The number of nitrogens with one attached hydrogen (secondary N) is 1. The number of aryl methyl sites for hydroxylation is 1. The summed E-state index contributed by atoms with van der Waals surface area (Å²) in [4.78, 5) is 11.0. The van der Waals surface area contributed by atoms with Crippen molar-refractivity contribution in [1.29, 1.82) is 0 Å². The molecule has 0 amide bonds. The molecule has 1 aromatic heterocycles. The summed E-state index contributed by atoms with van der Waals surface area (Å²) in [5, 5.41) is 19.9. The standard InChI is InChI=1S/C20H16N4O2/c1-14-7-9-15(10-8-14)22-19-11-17(24(25)26)12-20-18(19)13-21-23(20)16-5-3-2-4-6-16/h2-13,22H,1H3. The van der Waals surface area contributed by atoms with Gasteiger partial charge in [-0.1, -0.05) is 35.9 Å². The van der Waals surface area contributed by atoms with Crippen molar-refractivity contribution >= 4 is 28.0 Å². The third kappa shape index (κ3) is 2.88. The number of benzene rings is 3. The van der Waals surface area contributed by atoms with Gasteiger partial charge in [-0.2, -0.15) is 5.10 Å². The SMILES string of the molecule is Cc1ccc(Nc2cc([N+](=O)[O-])cc3c2cnn3-c2ccccc2)cc1. The number of nitrogens with zero attached hydrogens (tertiary/aromatic N) is 3. The minimum absolute atomic E-state index is 0.0183. The molecule has 0 bridgehead atoms. The highest BCUT2D eigenvalue weighted by Crippen LogP contribution is 2.32. The molecule has 0 fully saturated rings. The van der Waals surface area contributed by atoms with Crippen molar-refractivity contribution in [3.8, 4) is 5.69 Å². The normalized spacial score (nSPS) is 10.8. The van der Waals surface area contributed by atoms with Crippen LogP contribution in [0.2, 0.25) is 0 Å². The smallest absolute Gasteiger partial charge is 0.273 e. The quantitative estimate of drug-likeness (QED) is 0.418. The van der Waals surface area contributed by atoms with Crippen LogP contribution in [0, 0.1) is 17.0 Å². The number of hydrogen-bond acceptors (Lipinski definition) is 4. The second kappa shape index (κ2) is 6.33. The maximum atomic E-state index is 11.4. The number of rotatable bonds is 4. The Bertz CT molecular complexity index is 1090. The van der Waals surface area contributed by atoms with Crippen LogP contribution < -0.4 is 5.32 Å². The van der Waals surface area contributed by atoms with Crippen LogP contribution in [0.4, 0.5) is 17.1 Å². The zero-order valence-corrected chi connectivity index (χ0v) is 14.1. The summed E-state index contributed by atoms with van der Waals surface area (Å²) in [6.45, 7) is 2.01. The molecule has 1 heterocycles. The van der Waals surface area contributed by atoms with Crippen LogP contribution in [0.5, 0.6) is 0 Å². The lowest BCUT2D eigenvalue weighted by molar-refractivity contribution is -0.384. The van der Waals surface area contributed by atoms with Crippen LogP contribution in [-0.4, -0.2) is 14.7 Å². The fraction of sp³-hybridized carbons (Fsp3) is 0.0500. The number of anilines is 2. The highest BCUT2D eigenvalue weighted by molar-refractivity contribution is 5.96. The topological polar surface area (TPSA) is 73.0 Å². The van der Waals surface area contributed by atoms with E-state index in [1.807, 2.05) is 61.5 Å². The average Bonchev–Trinajstić information content (AvgIpc) is 3.08. The fourth-order valence-electron chi connectivity index (χ4n) is 2.89. The molecular weight excluding hydrogens is 328 g/mol.